The summed E-state index contributed by atoms with van der Waals surface area (Å²) in [6.45, 7) is 9.33. The number of hydrogen-bond donors (Lipinski definition) is 0. The molecule has 0 radical (unpaired) electrons. The smallest absolute Gasteiger partial charge is 0.128 e. The van der Waals surface area contributed by atoms with Crippen LogP contribution in [0.2, 0.25) is 0 Å². The first-order valence-electron chi connectivity index (χ1n) is 9.60. The highest BCUT2D eigenvalue weighted by Gasteiger charge is 2.25. The molecule has 4 nitrogen and oxygen atoms in total. The Hall–Kier alpha value is -0.950. The van der Waals surface area contributed by atoms with Crippen molar-refractivity contribution < 1.29 is 0 Å². The number of thiophene rings is 1. The number of pyridine rings is 1. The molecule has 2 saturated heterocycles. The van der Waals surface area contributed by atoms with E-state index in [1.165, 1.54) is 41.8 Å². The van der Waals surface area contributed by atoms with Gasteiger partial charge in [-0.25, -0.2) is 4.98 Å². The molecule has 0 amide bonds. The molecule has 2 aliphatic heterocycles. The van der Waals surface area contributed by atoms with Gasteiger partial charge in [0.25, 0.3) is 0 Å². The number of rotatable bonds is 5. The number of hydrogen-bond acceptors (Lipinski definition) is 5. The summed E-state index contributed by atoms with van der Waals surface area (Å²) in [4.78, 5) is 13.7. The van der Waals surface area contributed by atoms with Gasteiger partial charge in [-0.05, 0) is 64.8 Å². The van der Waals surface area contributed by atoms with Gasteiger partial charge in [0.15, 0.2) is 0 Å². The molecule has 0 N–H and O–H groups in total. The van der Waals surface area contributed by atoms with Crippen LogP contribution in [-0.2, 0) is 6.54 Å². The van der Waals surface area contributed by atoms with Gasteiger partial charge < -0.3 is 4.90 Å². The predicted molar refractivity (Wildman–Crippen MR) is 113 cm³/mol. The Morgan fingerprint density at radius 1 is 1.08 bits per heavy atom. The lowest BCUT2D eigenvalue weighted by molar-refractivity contribution is 0.125. The normalized spacial score (nSPS) is 22.7. The molecule has 4 heterocycles. The van der Waals surface area contributed by atoms with Crippen LogP contribution in [0.5, 0.6) is 0 Å². The summed E-state index contributed by atoms with van der Waals surface area (Å²) < 4.78 is 1.27. The standard InChI is InChI=1S/C20H27BrN4S/c21-18-6-13-26-19(18)16-24-8-3-4-17(15-24)14-23-9-11-25(12-10-23)20-5-1-2-7-22-20/h1-2,5-7,13,17H,3-4,8-12,14-16H2. The van der Waals surface area contributed by atoms with Crippen molar-refractivity contribution in [2.45, 2.75) is 19.4 Å². The van der Waals surface area contributed by atoms with Gasteiger partial charge in [-0.2, -0.15) is 0 Å². The van der Waals surface area contributed by atoms with Crippen molar-refractivity contribution in [1.29, 1.82) is 0 Å². The van der Waals surface area contributed by atoms with Crippen LogP contribution in [0.4, 0.5) is 5.82 Å². The van der Waals surface area contributed by atoms with Gasteiger partial charge in [0, 0.05) is 61.4 Å². The van der Waals surface area contributed by atoms with Crippen molar-refractivity contribution in [3.63, 3.8) is 0 Å². The van der Waals surface area contributed by atoms with Crippen molar-refractivity contribution in [2.75, 3.05) is 50.7 Å². The fraction of sp³-hybridized carbons (Fsp3) is 0.550. The second-order valence-electron chi connectivity index (χ2n) is 7.41. The molecule has 0 bridgehead atoms. The van der Waals surface area contributed by atoms with Gasteiger partial charge in [-0.1, -0.05) is 6.07 Å². The van der Waals surface area contributed by atoms with E-state index in [1.807, 2.05) is 23.6 Å². The molecular weight excluding hydrogens is 408 g/mol. The zero-order valence-electron chi connectivity index (χ0n) is 15.2. The lowest BCUT2D eigenvalue weighted by Crippen LogP contribution is -2.49. The van der Waals surface area contributed by atoms with Gasteiger partial charge >= 0.3 is 0 Å². The fourth-order valence-corrected chi connectivity index (χ4v) is 5.67. The van der Waals surface area contributed by atoms with Gasteiger partial charge in [0.1, 0.15) is 5.82 Å². The van der Waals surface area contributed by atoms with E-state index in [2.05, 4.69) is 59.2 Å². The van der Waals surface area contributed by atoms with E-state index in [1.54, 1.807) is 0 Å². The van der Waals surface area contributed by atoms with Crippen LogP contribution in [0, 0.1) is 5.92 Å². The van der Waals surface area contributed by atoms with E-state index in [4.69, 9.17) is 0 Å². The third-order valence-corrected chi connectivity index (χ3v) is 7.43. The van der Waals surface area contributed by atoms with E-state index in [0.29, 0.717) is 0 Å². The number of halogens is 1. The minimum atomic E-state index is 0.809. The molecule has 4 rings (SSSR count). The molecule has 2 aromatic heterocycles. The zero-order valence-corrected chi connectivity index (χ0v) is 17.6. The van der Waals surface area contributed by atoms with Gasteiger partial charge in [-0.3, -0.25) is 9.80 Å². The monoisotopic (exact) mass is 434 g/mol. The number of piperidine rings is 1. The Bertz CT molecular complexity index is 684. The largest absolute Gasteiger partial charge is 0.354 e. The molecule has 0 saturated carbocycles. The van der Waals surface area contributed by atoms with Crippen LogP contribution in [0.3, 0.4) is 0 Å². The third-order valence-electron chi connectivity index (χ3n) is 5.52. The van der Waals surface area contributed by atoms with Crippen molar-refractivity contribution >= 4 is 33.1 Å². The molecule has 2 aliphatic rings. The number of likely N-dealkylation sites (tertiary alicyclic amines) is 1. The van der Waals surface area contributed by atoms with E-state index in [9.17, 15) is 0 Å². The van der Waals surface area contributed by atoms with E-state index in [-0.39, 0.29) is 0 Å². The molecule has 2 aromatic rings. The first-order valence-corrected chi connectivity index (χ1v) is 11.3. The van der Waals surface area contributed by atoms with Crippen molar-refractivity contribution in [2.24, 2.45) is 5.92 Å². The molecule has 2 fully saturated rings. The molecule has 1 unspecified atom stereocenters. The highest BCUT2D eigenvalue weighted by molar-refractivity contribution is 9.10. The average molecular weight is 435 g/mol. The van der Waals surface area contributed by atoms with Crippen LogP contribution in [0.1, 0.15) is 17.7 Å². The molecule has 0 aromatic carbocycles. The summed E-state index contributed by atoms with van der Waals surface area (Å²) in [5.41, 5.74) is 0. The lowest BCUT2D eigenvalue weighted by atomic mass is 9.97. The maximum absolute atomic E-state index is 4.49. The Labute approximate surface area is 168 Å². The number of piperazine rings is 1. The van der Waals surface area contributed by atoms with E-state index < -0.39 is 0 Å². The number of nitrogens with zero attached hydrogens (tertiary/aromatic N) is 4. The van der Waals surface area contributed by atoms with Gasteiger partial charge in [0.05, 0.1) is 0 Å². The van der Waals surface area contributed by atoms with Gasteiger partial charge in [-0.15, -0.1) is 11.3 Å². The zero-order chi connectivity index (χ0) is 17.8. The van der Waals surface area contributed by atoms with Gasteiger partial charge in [0.2, 0.25) is 0 Å². The topological polar surface area (TPSA) is 22.6 Å². The van der Waals surface area contributed by atoms with Crippen LogP contribution >= 0.6 is 27.3 Å². The third kappa shape index (κ3) is 4.66. The molecule has 0 spiro atoms. The van der Waals surface area contributed by atoms with Crippen LogP contribution in [0.15, 0.2) is 40.3 Å². The molecule has 26 heavy (non-hydrogen) atoms. The second kappa shape index (κ2) is 8.83. The molecule has 0 aliphatic carbocycles. The van der Waals surface area contributed by atoms with Crippen LogP contribution < -0.4 is 4.90 Å². The van der Waals surface area contributed by atoms with Crippen LogP contribution in [0.25, 0.3) is 0 Å². The fourth-order valence-electron chi connectivity index (χ4n) is 4.15. The maximum atomic E-state index is 4.49. The summed E-state index contributed by atoms with van der Waals surface area (Å²) in [5.74, 6) is 1.93. The van der Waals surface area contributed by atoms with E-state index in [0.717, 1.165) is 44.5 Å². The van der Waals surface area contributed by atoms with Crippen molar-refractivity contribution in [3.05, 3.63) is 45.2 Å². The molecule has 140 valence electrons. The summed E-state index contributed by atoms with van der Waals surface area (Å²) in [7, 11) is 0. The first-order chi connectivity index (χ1) is 12.8. The Kier molecular flexibility index (Phi) is 6.25. The van der Waals surface area contributed by atoms with Crippen LogP contribution in [-0.4, -0.2) is 60.6 Å². The minimum absolute atomic E-state index is 0.809. The SMILES string of the molecule is Brc1ccsc1CN1CCCC(CN2CCN(c3ccccn3)CC2)C1. The highest BCUT2D eigenvalue weighted by Crippen LogP contribution is 2.27. The maximum Gasteiger partial charge on any atom is 0.128 e. The van der Waals surface area contributed by atoms with E-state index >= 15 is 0 Å². The Morgan fingerprint density at radius 3 is 2.69 bits per heavy atom. The first kappa shape index (κ1) is 18.4. The van der Waals surface area contributed by atoms with Crippen molar-refractivity contribution in [3.8, 4) is 0 Å². The molecular formula is C20H27BrN4S. The highest BCUT2D eigenvalue weighted by atomic mass is 79.9. The molecule has 6 heteroatoms. The molecule has 1 atom stereocenters. The summed E-state index contributed by atoms with van der Waals surface area (Å²) >= 11 is 5.55. The lowest BCUT2D eigenvalue weighted by Gasteiger charge is -2.39. The predicted octanol–water partition coefficient (Wildman–Crippen LogP) is 3.94. The Balaban J connectivity index is 1.25. The quantitative estimate of drug-likeness (QED) is 0.710. The Morgan fingerprint density at radius 2 is 1.96 bits per heavy atom. The number of aromatic nitrogens is 1. The minimum Gasteiger partial charge on any atom is -0.354 e. The van der Waals surface area contributed by atoms with Crippen molar-refractivity contribution in [1.82, 2.24) is 14.8 Å². The summed E-state index contributed by atoms with van der Waals surface area (Å²) in [5, 5.41) is 2.18. The average Bonchev–Trinajstić information content (AvgIpc) is 3.08. The summed E-state index contributed by atoms with van der Waals surface area (Å²) in [6, 6.07) is 8.36. The second-order valence-corrected chi connectivity index (χ2v) is 9.27. The number of anilines is 1. The summed E-state index contributed by atoms with van der Waals surface area (Å²) in [6.07, 6.45) is 4.61.